The molecule has 1 aliphatic rings. The van der Waals surface area contributed by atoms with Crippen molar-refractivity contribution < 1.29 is 33.4 Å². The van der Waals surface area contributed by atoms with Crippen LogP contribution in [-0.4, -0.2) is 54.4 Å². The standard InChI is InChI=1S/C25H28N2O7/c1-15(28)34-18-10-8-17(9-11-18)26-22(29)14-19(24(26)31)27(25(2,3)4)23(30)16-7-12-20(32-5)21(13-16)33-6/h7-13,19H,14H2,1-6H3. The molecule has 1 aliphatic heterocycles. The van der Waals surface area contributed by atoms with Gasteiger partial charge in [-0.15, -0.1) is 0 Å². The number of nitrogens with zero attached hydrogens (tertiary/aromatic N) is 2. The van der Waals surface area contributed by atoms with Crippen molar-refractivity contribution in [2.24, 2.45) is 0 Å². The lowest BCUT2D eigenvalue weighted by atomic mass is 9.99. The smallest absolute Gasteiger partial charge is 0.308 e. The summed E-state index contributed by atoms with van der Waals surface area (Å²) in [6.45, 7) is 6.70. The van der Waals surface area contributed by atoms with E-state index in [9.17, 15) is 19.2 Å². The number of hydrogen-bond donors (Lipinski definition) is 0. The summed E-state index contributed by atoms with van der Waals surface area (Å²) in [6, 6.07) is 9.82. The van der Waals surface area contributed by atoms with Crippen molar-refractivity contribution in [2.75, 3.05) is 19.1 Å². The third-order valence-electron chi connectivity index (χ3n) is 5.36. The zero-order valence-corrected chi connectivity index (χ0v) is 20.1. The molecule has 0 saturated carbocycles. The number of hydrogen-bond acceptors (Lipinski definition) is 7. The summed E-state index contributed by atoms with van der Waals surface area (Å²) in [5, 5.41) is 0. The van der Waals surface area contributed by atoms with E-state index >= 15 is 0 Å². The van der Waals surface area contributed by atoms with Crippen LogP contribution in [0.2, 0.25) is 0 Å². The first-order valence-electron chi connectivity index (χ1n) is 10.7. The molecule has 3 amide bonds. The number of anilines is 1. The number of methoxy groups -OCH3 is 2. The van der Waals surface area contributed by atoms with E-state index in [1.807, 2.05) is 0 Å². The highest BCUT2D eigenvalue weighted by molar-refractivity contribution is 6.23. The van der Waals surface area contributed by atoms with Crippen molar-refractivity contribution in [1.82, 2.24) is 4.90 Å². The average Bonchev–Trinajstić information content (AvgIpc) is 3.05. The molecule has 1 saturated heterocycles. The van der Waals surface area contributed by atoms with Crippen LogP contribution < -0.4 is 19.1 Å². The Morgan fingerprint density at radius 2 is 1.59 bits per heavy atom. The first-order valence-corrected chi connectivity index (χ1v) is 10.7. The number of carbonyl (C=O) groups excluding carboxylic acids is 4. The molecule has 1 atom stereocenters. The van der Waals surface area contributed by atoms with Crippen LogP contribution in [0.25, 0.3) is 0 Å². The van der Waals surface area contributed by atoms with Gasteiger partial charge in [-0.1, -0.05) is 0 Å². The van der Waals surface area contributed by atoms with Crippen LogP contribution in [0, 0.1) is 0 Å². The Labute approximate surface area is 198 Å². The number of rotatable bonds is 6. The first-order chi connectivity index (χ1) is 16.0. The highest BCUT2D eigenvalue weighted by Crippen LogP contribution is 2.33. The molecular weight excluding hydrogens is 440 g/mol. The molecule has 3 rings (SSSR count). The van der Waals surface area contributed by atoms with Gasteiger partial charge in [-0.25, -0.2) is 4.90 Å². The minimum Gasteiger partial charge on any atom is -0.493 e. The Kier molecular flexibility index (Phi) is 6.95. The average molecular weight is 469 g/mol. The van der Waals surface area contributed by atoms with Gasteiger partial charge in [0.15, 0.2) is 11.5 Å². The van der Waals surface area contributed by atoms with Crippen molar-refractivity contribution >= 4 is 29.4 Å². The molecule has 1 fully saturated rings. The number of amides is 3. The highest BCUT2D eigenvalue weighted by Gasteiger charge is 2.47. The zero-order valence-electron chi connectivity index (χ0n) is 20.1. The van der Waals surface area contributed by atoms with E-state index in [-0.39, 0.29) is 6.42 Å². The van der Waals surface area contributed by atoms with Gasteiger partial charge in [-0.3, -0.25) is 19.2 Å². The van der Waals surface area contributed by atoms with E-state index in [1.54, 1.807) is 39.0 Å². The van der Waals surface area contributed by atoms with Gasteiger partial charge < -0.3 is 19.1 Å². The highest BCUT2D eigenvalue weighted by atomic mass is 16.5. The van der Waals surface area contributed by atoms with E-state index < -0.39 is 35.3 Å². The maximum Gasteiger partial charge on any atom is 0.308 e. The Morgan fingerprint density at radius 1 is 0.971 bits per heavy atom. The second kappa shape index (κ2) is 9.54. The Balaban J connectivity index is 1.93. The van der Waals surface area contributed by atoms with Gasteiger partial charge in [-0.05, 0) is 63.2 Å². The number of imide groups is 1. The fourth-order valence-electron chi connectivity index (χ4n) is 3.94. The molecule has 9 nitrogen and oxygen atoms in total. The molecule has 0 radical (unpaired) electrons. The van der Waals surface area contributed by atoms with Crippen LogP contribution in [0.4, 0.5) is 5.69 Å². The van der Waals surface area contributed by atoms with E-state index in [1.165, 1.54) is 50.3 Å². The monoisotopic (exact) mass is 468 g/mol. The second-order valence-corrected chi connectivity index (χ2v) is 8.79. The minimum atomic E-state index is -0.985. The van der Waals surface area contributed by atoms with Crippen LogP contribution in [0.1, 0.15) is 44.5 Å². The van der Waals surface area contributed by atoms with Crippen LogP contribution in [0.15, 0.2) is 42.5 Å². The van der Waals surface area contributed by atoms with Crippen molar-refractivity contribution in [2.45, 2.75) is 45.7 Å². The first kappa shape index (κ1) is 24.8. The summed E-state index contributed by atoms with van der Waals surface area (Å²) in [7, 11) is 2.97. The van der Waals surface area contributed by atoms with Gasteiger partial charge in [0.05, 0.1) is 26.3 Å². The van der Waals surface area contributed by atoms with Crippen LogP contribution in [-0.2, 0) is 14.4 Å². The van der Waals surface area contributed by atoms with Crippen molar-refractivity contribution in [1.29, 1.82) is 0 Å². The number of esters is 1. The molecule has 0 aliphatic carbocycles. The molecule has 0 N–H and O–H groups in total. The molecular formula is C25H28N2O7. The lowest BCUT2D eigenvalue weighted by molar-refractivity contribution is -0.132. The molecule has 0 aromatic heterocycles. The summed E-state index contributed by atoms with van der Waals surface area (Å²) in [5.41, 5.74) is -0.127. The summed E-state index contributed by atoms with van der Waals surface area (Å²) in [5.74, 6) is -0.671. The number of carbonyl (C=O) groups is 4. The van der Waals surface area contributed by atoms with Gasteiger partial charge in [0.1, 0.15) is 11.8 Å². The lowest BCUT2D eigenvalue weighted by Gasteiger charge is -2.39. The van der Waals surface area contributed by atoms with Gasteiger partial charge in [0.25, 0.3) is 11.8 Å². The summed E-state index contributed by atoms with van der Waals surface area (Å²) < 4.78 is 15.6. The van der Waals surface area contributed by atoms with Crippen LogP contribution >= 0.6 is 0 Å². The topological polar surface area (TPSA) is 102 Å². The third kappa shape index (κ3) is 4.88. The summed E-state index contributed by atoms with van der Waals surface area (Å²) >= 11 is 0. The molecule has 0 spiro atoms. The molecule has 34 heavy (non-hydrogen) atoms. The van der Waals surface area contributed by atoms with Crippen molar-refractivity contribution in [3.8, 4) is 17.2 Å². The quantitative estimate of drug-likeness (QED) is 0.364. The number of benzene rings is 2. The predicted molar refractivity (Wildman–Crippen MR) is 124 cm³/mol. The van der Waals surface area contributed by atoms with Gasteiger partial charge in [-0.2, -0.15) is 0 Å². The Bertz CT molecular complexity index is 1120. The fourth-order valence-corrected chi connectivity index (χ4v) is 3.94. The SMILES string of the molecule is COc1ccc(C(=O)N(C2CC(=O)N(c3ccc(OC(C)=O)cc3)C2=O)C(C)(C)C)cc1OC. The van der Waals surface area contributed by atoms with Crippen molar-refractivity contribution in [3.05, 3.63) is 48.0 Å². The van der Waals surface area contributed by atoms with E-state index in [4.69, 9.17) is 14.2 Å². The zero-order chi connectivity index (χ0) is 25.2. The van der Waals surface area contributed by atoms with Crippen LogP contribution in [0.5, 0.6) is 17.2 Å². The molecule has 180 valence electrons. The molecule has 9 heteroatoms. The summed E-state index contributed by atoms with van der Waals surface area (Å²) in [4.78, 5) is 53.5. The third-order valence-corrected chi connectivity index (χ3v) is 5.36. The maximum atomic E-state index is 13.6. The van der Waals surface area contributed by atoms with E-state index in [2.05, 4.69) is 0 Å². The predicted octanol–water partition coefficient (Wildman–Crippen LogP) is 3.20. The van der Waals surface area contributed by atoms with E-state index in [0.29, 0.717) is 28.5 Å². The molecule has 2 aromatic rings. The van der Waals surface area contributed by atoms with E-state index in [0.717, 1.165) is 4.90 Å². The lowest BCUT2D eigenvalue weighted by Crippen LogP contribution is -2.54. The summed E-state index contributed by atoms with van der Waals surface area (Å²) in [6.07, 6.45) is -0.152. The molecule has 0 bridgehead atoms. The Morgan fingerprint density at radius 3 is 2.12 bits per heavy atom. The maximum absolute atomic E-state index is 13.6. The van der Waals surface area contributed by atoms with Gasteiger partial charge in [0.2, 0.25) is 5.91 Å². The van der Waals surface area contributed by atoms with Crippen LogP contribution in [0.3, 0.4) is 0 Å². The van der Waals surface area contributed by atoms with Gasteiger partial charge in [0, 0.05) is 18.0 Å². The largest absolute Gasteiger partial charge is 0.493 e. The fraction of sp³-hybridized carbons (Fsp3) is 0.360. The Hall–Kier alpha value is -3.88. The second-order valence-electron chi connectivity index (χ2n) is 8.79. The van der Waals surface area contributed by atoms with Gasteiger partial charge >= 0.3 is 5.97 Å². The normalized spacial score (nSPS) is 15.8. The molecule has 1 unspecified atom stereocenters. The minimum absolute atomic E-state index is 0.152. The molecule has 2 aromatic carbocycles. The molecule has 1 heterocycles. The number of ether oxygens (including phenoxy) is 3. The van der Waals surface area contributed by atoms with Crippen molar-refractivity contribution in [3.63, 3.8) is 0 Å².